The first-order valence-corrected chi connectivity index (χ1v) is 6.83. The average molecular weight is 247 g/mol. The van der Waals surface area contributed by atoms with Crippen molar-refractivity contribution in [3.05, 3.63) is 29.6 Å². The highest BCUT2D eigenvalue weighted by atomic mass is 16.3. The van der Waals surface area contributed by atoms with E-state index in [4.69, 9.17) is 0 Å². The molecule has 1 aromatic rings. The van der Waals surface area contributed by atoms with Crippen molar-refractivity contribution in [2.24, 2.45) is 0 Å². The Morgan fingerprint density at radius 3 is 2.89 bits per heavy atom. The van der Waals surface area contributed by atoms with Gasteiger partial charge in [0.15, 0.2) is 5.78 Å². The fourth-order valence-electron chi connectivity index (χ4n) is 2.79. The molecular formula is C15H21NO2. The quantitative estimate of drug-likeness (QED) is 0.889. The van der Waals surface area contributed by atoms with E-state index in [1.54, 1.807) is 6.20 Å². The van der Waals surface area contributed by atoms with Gasteiger partial charge in [0.1, 0.15) is 5.60 Å². The van der Waals surface area contributed by atoms with Crippen LogP contribution in [0.5, 0.6) is 0 Å². The number of hydrogen-bond donors (Lipinski definition) is 1. The number of nitrogens with zero attached hydrogens (tertiary/aromatic N) is 1. The van der Waals surface area contributed by atoms with Crippen molar-refractivity contribution in [3.8, 4) is 0 Å². The molecule has 0 radical (unpaired) electrons. The Morgan fingerprint density at radius 2 is 2.22 bits per heavy atom. The lowest BCUT2D eigenvalue weighted by atomic mass is 9.76. The molecule has 3 heteroatoms. The number of aromatic nitrogens is 1. The van der Waals surface area contributed by atoms with Gasteiger partial charge in [-0.25, -0.2) is 0 Å². The van der Waals surface area contributed by atoms with Gasteiger partial charge in [0.25, 0.3) is 0 Å². The highest BCUT2D eigenvalue weighted by molar-refractivity contribution is 5.93. The fourth-order valence-corrected chi connectivity index (χ4v) is 2.79. The number of aryl methyl sites for hydroxylation is 1. The maximum Gasteiger partial charge on any atom is 0.173 e. The summed E-state index contributed by atoms with van der Waals surface area (Å²) in [7, 11) is 0. The first kappa shape index (κ1) is 13.2. The molecule has 1 N–H and O–H groups in total. The summed E-state index contributed by atoms with van der Waals surface area (Å²) in [4.78, 5) is 16.9. The number of carbonyl (C=O) groups excluding carboxylic acids is 1. The second kappa shape index (κ2) is 5.19. The third kappa shape index (κ3) is 2.19. The molecule has 0 aliphatic heterocycles. The molecular weight excluding hydrogens is 226 g/mol. The first-order chi connectivity index (χ1) is 8.62. The van der Waals surface area contributed by atoms with Gasteiger partial charge < -0.3 is 5.11 Å². The summed E-state index contributed by atoms with van der Waals surface area (Å²) in [5.41, 5.74) is 0.863. The van der Waals surface area contributed by atoms with Gasteiger partial charge in [-0.05, 0) is 43.7 Å². The number of aliphatic hydroxyl groups is 1. The number of ketones is 1. The summed E-state index contributed by atoms with van der Waals surface area (Å²) >= 11 is 0. The number of pyridine rings is 1. The van der Waals surface area contributed by atoms with Crippen molar-refractivity contribution in [3.63, 3.8) is 0 Å². The van der Waals surface area contributed by atoms with Gasteiger partial charge in [-0.2, -0.15) is 0 Å². The van der Waals surface area contributed by atoms with Gasteiger partial charge in [-0.15, -0.1) is 0 Å². The topological polar surface area (TPSA) is 50.2 Å². The van der Waals surface area contributed by atoms with E-state index < -0.39 is 5.60 Å². The van der Waals surface area contributed by atoms with Crippen LogP contribution in [0.2, 0.25) is 0 Å². The van der Waals surface area contributed by atoms with Crippen molar-refractivity contribution in [2.75, 3.05) is 0 Å². The summed E-state index contributed by atoms with van der Waals surface area (Å²) in [6.45, 7) is 3.73. The molecule has 2 rings (SSSR count). The predicted molar refractivity (Wildman–Crippen MR) is 70.5 cm³/mol. The van der Waals surface area contributed by atoms with Gasteiger partial charge in [0.2, 0.25) is 0 Å². The number of hydrogen-bond acceptors (Lipinski definition) is 3. The van der Waals surface area contributed by atoms with Crippen LogP contribution < -0.4 is 0 Å². The van der Waals surface area contributed by atoms with E-state index in [9.17, 15) is 9.90 Å². The van der Waals surface area contributed by atoms with Gasteiger partial charge in [0, 0.05) is 6.20 Å². The summed E-state index contributed by atoms with van der Waals surface area (Å²) in [5, 5.41) is 10.4. The normalized spacial score (nSPS) is 19.4. The third-order valence-corrected chi connectivity index (χ3v) is 4.14. The third-order valence-electron chi connectivity index (χ3n) is 4.14. The van der Waals surface area contributed by atoms with Gasteiger partial charge in [0.05, 0.1) is 11.6 Å². The molecule has 3 nitrogen and oxygen atoms in total. The van der Waals surface area contributed by atoms with Crippen LogP contribution in [0.15, 0.2) is 18.3 Å². The van der Waals surface area contributed by atoms with E-state index in [0.717, 1.165) is 30.5 Å². The smallest absolute Gasteiger partial charge is 0.173 e. The van der Waals surface area contributed by atoms with Gasteiger partial charge in [-0.3, -0.25) is 9.78 Å². The van der Waals surface area contributed by atoms with Crippen molar-refractivity contribution in [1.82, 2.24) is 4.98 Å². The zero-order valence-corrected chi connectivity index (χ0v) is 11.1. The van der Waals surface area contributed by atoms with Crippen LogP contribution in [0.4, 0.5) is 0 Å². The minimum absolute atomic E-state index is 0.0489. The Morgan fingerprint density at radius 1 is 1.50 bits per heavy atom. The largest absolute Gasteiger partial charge is 0.382 e. The van der Waals surface area contributed by atoms with Crippen LogP contribution in [0.1, 0.15) is 56.7 Å². The van der Waals surface area contributed by atoms with Crippen LogP contribution in [0.3, 0.4) is 0 Å². The van der Waals surface area contributed by atoms with Crippen LogP contribution in [0, 0.1) is 0 Å². The van der Waals surface area contributed by atoms with Crippen LogP contribution in [-0.4, -0.2) is 21.5 Å². The van der Waals surface area contributed by atoms with Crippen LogP contribution in [-0.2, 0) is 11.2 Å². The van der Waals surface area contributed by atoms with Crippen LogP contribution in [0.25, 0.3) is 0 Å². The molecule has 1 unspecified atom stereocenters. The Labute approximate surface area is 108 Å². The molecule has 1 aliphatic rings. The number of rotatable bonds is 4. The SMILES string of the molecule is CCC(O)(CC)C(=O)C1CCCc2cccnc21. The molecule has 0 saturated carbocycles. The van der Waals surface area contributed by atoms with E-state index in [2.05, 4.69) is 4.98 Å². The van der Waals surface area contributed by atoms with Gasteiger partial charge >= 0.3 is 0 Å². The molecule has 1 atom stereocenters. The molecule has 0 spiro atoms. The van der Waals surface area contributed by atoms with Crippen molar-refractivity contribution in [2.45, 2.75) is 57.5 Å². The van der Waals surface area contributed by atoms with Crippen molar-refractivity contribution in [1.29, 1.82) is 0 Å². The molecule has 0 bridgehead atoms. The second-order valence-electron chi connectivity index (χ2n) is 5.10. The Balaban J connectivity index is 2.33. The van der Waals surface area contributed by atoms with E-state index in [0.29, 0.717) is 12.8 Å². The molecule has 1 aromatic heterocycles. The summed E-state index contributed by atoms with van der Waals surface area (Å²) < 4.78 is 0. The number of fused-ring (bicyclic) bond motifs is 1. The van der Waals surface area contributed by atoms with E-state index in [-0.39, 0.29) is 11.7 Å². The van der Waals surface area contributed by atoms with E-state index in [1.807, 2.05) is 26.0 Å². The Kier molecular flexibility index (Phi) is 3.81. The molecule has 1 aliphatic carbocycles. The molecule has 98 valence electrons. The van der Waals surface area contributed by atoms with Crippen molar-refractivity contribution >= 4 is 5.78 Å². The zero-order valence-electron chi connectivity index (χ0n) is 11.1. The van der Waals surface area contributed by atoms with Crippen LogP contribution >= 0.6 is 0 Å². The predicted octanol–water partition coefficient (Wildman–Crippen LogP) is 2.62. The number of carbonyl (C=O) groups is 1. The Bertz CT molecular complexity index is 438. The summed E-state index contributed by atoms with van der Waals surface area (Å²) in [6, 6.07) is 3.95. The lowest BCUT2D eigenvalue weighted by molar-refractivity contribution is -0.140. The zero-order chi connectivity index (χ0) is 13.2. The summed E-state index contributed by atoms with van der Waals surface area (Å²) in [5.74, 6) is -0.271. The van der Waals surface area contributed by atoms with E-state index >= 15 is 0 Å². The minimum atomic E-state index is -1.18. The van der Waals surface area contributed by atoms with E-state index in [1.165, 1.54) is 0 Å². The van der Waals surface area contributed by atoms with Crippen molar-refractivity contribution < 1.29 is 9.90 Å². The second-order valence-corrected chi connectivity index (χ2v) is 5.10. The molecule has 1 heterocycles. The monoisotopic (exact) mass is 247 g/mol. The highest BCUT2D eigenvalue weighted by Gasteiger charge is 2.39. The lowest BCUT2D eigenvalue weighted by Gasteiger charge is -2.31. The van der Waals surface area contributed by atoms with Gasteiger partial charge in [-0.1, -0.05) is 19.9 Å². The Hall–Kier alpha value is -1.22. The summed E-state index contributed by atoms with van der Waals surface area (Å²) in [6.07, 6.45) is 5.48. The standard InChI is InChI=1S/C15H21NO2/c1-3-15(18,4-2)14(17)12-9-5-7-11-8-6-10-16-13(11)12/h6,8,10,12,18H,3-5,7,9H2,1-2H3. The molecule has 18 heavy (non-hydrogen) atoms. The maximum atomic E-state index is 12.6. The lowest BCUT2D eigenvalue weighted by Crippen LogP contribution is -2.41. The molecule has 0 fully saturated rings. The molecule has 0 saturated heterocycles. The molecule has 0 aromatic carbocycles. The molecule has 0 amide bonds. The fraction of sp³-hybridized carbons (Fsp3) is 0.600. The first-order valence-electron chi connectivity index (χ1n) is 6.83. The maximum absolute atomic E-state index is 12.6. The minimum Gasteiger partial charge on any atom is -0.382 e. The highest BCUT2D eigenvalue weighted by Crippen LogP contribution is 2.35. The average Bonchev–Trinajstić information content (AvgIpc) is 2.45. The number of Topliss-reactive ketones (excluding diaryl/α,β-unsaturated/α-hetero) is 1.